The normalized spacial score (nSPS) is 36.4. The smallest absolute Gasteiger partial charge is 0.247 e. The van der Waals surface area contributed by atoms with Crippen LogP contribution >= 0.6 is 0 Å². The van der Waals surface area contributed by atoms with Crippen molar-refractivity contribution < 1.29 is 44.2 Å². The van der Waals surface area contributed by atoms with Gasteiger partial charge < -0.3 is 50.4 Å². The van der Waals surface area contributed by atoms with E-state index in [9.17, 15) is 25.2 Å². The van der Waals surface area contributed by atoms with Crippen molar-refractivity contribution in [2.45, 2.75) is 135 Å². The summed E-state index contributed by atoms with van der Waals surface area (Å²) in [4.78, 5) is 13.2. The lowest BCUT2D eigenvalue weighted by atomic mass is 9.89. The maximum absolute atomic E-state index is 13.2. The van der Waals surface area contributed by atoms with E-state index in [1.807, 2.05) is 69.4 Å². The van der Waals surface area contributed by atoms with Gasteiger partial charge in [0.2, 0.25) is 5.91 Å². The summed E-state index contributed by atoms with van der Waals surface area (Å²) in [7, 11) is 0. The lowest BCUT2D eigenvalue weighted by molar-refractivity contribution is -0.316. The van der Waals surface area contributed by atoms with Crippen LogP contribution in [0, 0.1) is 11.8 Å². The Labute approximate surface area is 328 Å². The molecule has 2 saturated heterocycles. The van der Waals surface area contributed by atoms with Crippen molar-refractivity contribution in [1.29, 1.82) is 0 Å². The molecule has 0 spiro atoms. The van der Waals surface area contributed by atoms with Gasteiger partial charge in [-0.25, -0.2) is 0 Å². The minimum Gasteiger partial charge on any atom is -0.388 e. The van der Waals surface area contributed by atoms with Crippen LogP contribution in [0.4, 0.5) is 0 Å². The fourth-order valence-electron chi connectivity index (χ4n) is 6.49. The summed E-state index contributed by atoms with van der Waals surface area (Å²) in [5.41, 5.74) is 7.15. The first-order chi connectivity index (χ1) is 25.8. The third-order valence-electron chi connectivity index (χ3n) is 9.67. The summed E-state index contributed by atoms with van der Waals surface area (Å²) < 4.78 is 23.9. The Hall–Kier alpha value is -3.23. The molecule has 0 bridgehead atoms. The molecule has 11 unspecified atom stereocenters. The van der Waals surface area contributed by atoms with Crippen LogP contribution in [0.1, 0.15) is 75.2 Å². The monoisotopic (exact) mass is 766 g/mol. The molecule has 3 aliphatic rings. The zero-order valence-electron chi connectivity index (χ0n) is 34.1. The highest BCUT2D eigenvalue weighted by molar-refractivity contribution is 5.93. The van der Waals surface area contributed by atoms with Gasteiger partial charge in [0.15, 0.2) is 12.6 Å². The molecule has 0 aromatic heterocycles. The van der Waals surface area contributed by atoms with E-state index in [4.69, 9.17) is 24.7 Å². The van der Waals surface area contributed by atoms with Gasteiger partial charge in [0.25, 0.3) is 0 Å². The summed E-state index contributed by atoms with van der Waals surface area (Å²) in [6.45, 7) is 17.4. The molecule has 11 nitrogen and oxygen atoms in total. The van der Waals surface area contributed by atoms with E-state index in [1.165, 1.54) is 6.92 Å². The molecule has 3 rings (SSSR count). The summed E-state index contributed by atoms with van der Waals surface area (Å²) in [6, 6.07) is -1.06. The number of hydrogen-bond acceptors (Lipinski definition) is 10. The van der Waals surface area contributed by atoms with Crippen LogP contribution in [0.3, 0.4) is 0 Å². The number of hydrogen-bond donors (Lipinski definition) is 6. The minimum atomic E-state index is -1.54. The van der Waals surface area contributed by atoms with Crippen LogP contribution in [-0.2, 0) is 23.7 Å². The Balaban J connectivity index is 1.87. The number of allylic oxidation sites excluding steroid dienone is 14. The predicted octanol–water partition coefficient (Wildman–Crippen LogP) is 5.16. The van der Waals surface area contributed by atoms with Gasteiger partial charge in [0.1, 0.15) is 30.0 Å². The van der Waals surface area contributed by atoms with E-state index in [0.29, 0.717) is 18.9 Å². The number of rotatable bonds is 6. The maximum Gasteiger partial charge on any atom is 0.247 e. The van der Waals surface area contributed by atoms with Crippen LogP contribution in [0.5, 0.6) is 0 Å². The molecule has 11 heteroatoms. The largest absolute Gasteiger partial charge is 0.388 e. The third-order valence-corrected chi connectivity index (χ3v) is 9.67. The first kappa shape index (κ1) is 46.2. The number of aliphatic hydroxyl groups is 4. The van der Waals surface area contributed by atoms with Crippen LogP contribution in [0.25, 0.3) is 0 Å². The topological polar surface area (TPSA) is 173 Å². The number of nitrogens with one attached hydrogen (secondary N) is 1. The van der Waals surface area contributed by atoms with Crippen molar-refractivity contribution in [3.8, 4) is 0 Å². The Morgan fingerprint density at radius 3 is 2.33 bits per heavy atom. The number of amides is 1. The SMILES string of the molecule is CC1=CC=CC(C)=CC(C)CNC(=O)C(CC(C)C)=CC(C)=CC=CC=CC(C)(O)C(OC2OCC(OC3CC(C)(O)C(O)C(C)O3)C(O)C2N)C=CC=C1. The highest BCUT2D eigenvalue weighted by Crippen LogP contribution is 2.32. The standard InChI is InChI=1S/C44H66N2O9/c1-28(2)22-34-24-31(5)17-11-10-14-21-43(8,50)36(20-13-12-16-29(3)18-15-19-30(4)23-32(6)26-46-41(34)49)55-42-38(45)39(47)35(27-52-42)54-37-25-44(9,51)40(48)33(7)53-37/h10-21,23-24,28,32-33,35-40,42,47-48,50-51H,22,25-27,45H2,1-9H3,(H,46,49). The third kappa shape index (κ3) is 15.0. The number of ether oxygens (including phenoxy) is 4. The summed E-state index contributed by atoms with van der Waals surface area (Å²) in [5, 5.41) is 46.8. The van der Waals surface area contributed by atoms with Crippen LogP contribution < -0.4 is 11.1 Å². The zero-order chi connectivity index (χ0) is 40.9. The van der Waals surface area contributed by atoms with Gasteiger partial charge in [-0.1, -0.05) is 123 Å². The van der Waals surface area contributed by atoms with Crippen molar-refractivity contribution in [3.05, 3.63) is 107 Å². The van der Waals surface area contributed by atoms with E-state index in [0.717, 1.165) is 22.3 Å². The second kappa shape index (κ2) is 21.3. The van der Waals surface area contributed by atoms with Crippen molar-refractivity contribution in [1.82, 2.24) is 5.32 Å². The van der Waals surface area contributed by atoms with E-state index in [2.05, 4.69) is 32.2 Å². The quantitative estimate of drug-likeness (QED) is 0.212. The molecule has 306 valence electrons. The van der Waals surface area contributed by atoms with Gasteiger partial charge in [-0.05, 0) is 59.8 Å². The first-order valence-corrected chi connectivity index (χ1v) is 19.3. The Morgan fingerprint density at radius 2 is 1.64 bits per heavy atom. The zero-order valence-corrected chi connectivity index (χ0v) is 34.1. The molecule has 3 heterocycles. The molecule has 2 fully saturated rings. The highest BCUT2D eigenvalue weighted by Gasteiger charge is 2.47. The Kier molecular flexibility index (Phi) is 17.9. The lowest BCUT2D eigenvalue weighted by Gasteiger charge is -2.45. The molecule has 1 amide bonds. The summed E-state index contributed by atoms with van der Waals surface area (Å²) in [6.07, 6.45) is 19.9. The average Bonchev–Trinajstić information content (AvgIpc) is 3.09. The first-order valence-electron chi connectivity index (χ1n) is 19.3. The highest BCUT2D eigenvalue weighted by atomic mass is 16.7. The minimum absolute atomic E-state index is 0.00969. The summed E-state index contributed by atoms with van der Waals surface area (Å²) in [5.74, 6) is 0.377. The lowest BCUT2D eigenvalue weighted by Crippen LogP contribution is -2.62. The number of aliphatic hydroxyl groups excluding tert-OH is 2. The van der Waals surface area contributed by atoms with Gasteiger partial charge in [0, 0.05) is 18.5 Å². The van der Waals surface area contributed by atoms with Gasteiger partial charge in [0.05, 0.1) is 24.4 Å². The second-order valence-corrected chi connectivity index (χ2v) is 16.0. The molecular weight excluding hydrogens is 700 g/mol. The molecule has 0 saturated carbocycles. The van der Waals surface area contributed by atoms with Crippen LogP contribution in [0.15, 0.2) is 107 Å². The molecule has 11 atom stereocenters. The van der Waals surface area contributed by atoms with Gasteiger partial charge in [-0.3, -0.25) is 4.79 Å². The average molecular weight is 767 g/mol. The molecule has 3 aliphatic heterocycles. The fourth-order valence-corrected chi connectivity index (χ4v) is 6.49. The van der Waals surface area contributed by atoms with Crippen LogP contribution in [-0.4, -0.2) is 99.8 Å². The van der Waals surface area contributed by atoms with Gasteiger partial charge in [-0.15, -0.1) is 0 Å². The van der Waals surface area contributed by atoms with E-state index in [-0.39, 0.29) is 24.9 Å². The molecule has 0 aromatic carbocycles. The van der Waals surface area contributed by atoms with E-state index < -0.39 is 60.3 Å². The molecule has 55 heavy (non-hydrogen) atoms. The van der Waals surface area contributed by atoms with Gasteiger partial charge >= 0.3 is 0 Å². The molecule has 0 aliphatic carbocycles. The Morgan fingerprint density at radius 1 is 0.945 bits per heavy atom. The van der Waals surface area contributed by atoms with Crippen molar-refractivity contribution >= 4 is 5.91 Å². The van der Waals surface area contributed by atoms with Crippen LogP contribution in [0.2, 0.25) is 0 Å². The Bertz CT molecular complexity index is 1550. The summed E-state index contributed by atoms with van der Waals surface area (Å²) >= 11 is 0. The van der Waals surface area contributed by atoms with E-state index in [1.54, 1.807) is 44.2 Å². The van der Waals surface area contributed by atoms with Crippen molar-refractivity contribution in [3.63, 3.8) is 0 Å². The number of nitrogens with two attached hydrogens (primary N) is 1. The number of carbonyl (C=O) groups excluding carboxylic acids is 1. The molecule has 0 radical (unpaired) electrons. The van der Waals surface area contributed by atoms with Crippen molar-refractivity contribution in [2.24, 2.45) is 17.6 Å². The van der Waals surface area contributed by atoms with E-state index >= 15 is 0 Å². The molecule has 7 N–H and O–H groups in total. The molecule has 0 aromatic rings. The van der Waals surface area contributed by atoms with Crippen molar-refractivity contribution in [2.75, 3.05) is 13.2 Å². The number of carbonyl (C=O) groups is 1. The maximum atomic E-state index is 13.2. The second-order valence-electron chi connectivity index (χ2n) is 16.0. The van der Waals surface area contributed by atoms with Gasteiger partial charge in [-0.2, -0.15) is 0 Å². The molecular formula is C44H66N2O9. The predicted molar refractivity (Wildman–Crippen MR) is 216 cm³/mol. The fraction of sp³-hybridized carbons (Fsp3) is 0.568.